The summed E-state index contributed by atoms with van der Waals surface area (Å²) in [6.45, 7) is 0. The van der Waals surface area contributed by atoms with Crippen molar-refractivity contribution in [2.45, 2.75) is 0 Å². The van der Waals surface area contributed by atoms with E-state index in [1.165, 1.54) is 142 Å². The largest absolute Gasteiger partial charge is 0.0622 e. The normalized spacial score (nSPS) is 11.8. The summed E-state index contributed by atoms with van der Waals surface area (Å²) in [5, 5.41) is 17.8. The van der Waals surface area contributed by atoms with Crippen molar-refractivity contribution in [3.63, 3.8) is 0 Å². The molecular weight excluding hydrogens is 817 g/mol. The van der Waals surface area contributed by atoms with Crippen LogP contribution in [-0.2, 0) is 0 Å². The molecule has 0 nitrogen and oxygen atoms in total. The van der Waals surface area contributed by atoms with Crippen LogP contribution in [0.3, 0.4) is 0 Å². The predicted octanol–water partition coefficient (Wildman–Crippen LogP) is 19.2. The summed E-state index contributed by atoms with van der Waals surface area (Å²) in [6, 6.07) is 94.8. The predicted molar refractivity (Wildman–Crippen MR) is 293 cm³/mol. The zero-order valence-corrected chi connectivity index (χ0v) is 37.2. The van der Waals surface area contributed by atoms with E-state index >= 15 is 0 Å². The second-order valence-electron chi connectivity index (χ2n) is 18.3. The molecule has 0 aliphatic carbocycles. The first kappa shape index (κ1) is 38.4. The highest BCUT2D eigenvalue weighted by Crippen LogP contribution is 2.49. The molecule has 0 N–H and O–H groups in total. The molecule has 0 aliphatic rings. The topological polar surface area (TPSA) is 0 Å². The van der Waals surface area contributed by atoms with Gasteiger partial charge in [0.1, 0.15) is 0 Å². The smallest absolute Gasteiger partial charge is 0.00206 e. The Morgan fingerprint density at radius 2 is 0.500 bits per heavy atom. The minimum Gasteiger partial charge on any atom is -0.0622 e. The second kappa shape index (κ2) is 15.4. The van der Waals surface area contributed by atoms with Crippen LogP contribution in [0.1, 0.15) is 0 Å². The van der Waals surface area contributed by atoms with E-state index in [9.17, 15) is 0 Å². The van der Waals surface area contributed by atoms with Gasteiger partial charge in [0.05, 0.1) is 0 Å². The lowest BCUT2D eigenvalue weighted by Crippen LogP contribution is -1.94. The number of benzene rings is 14. The van der Waals surface area contributed by atoms with Gasteiger partial charge in [-0.15, -0.1) is 0 Å². The van der Waals surface area contributed by atoms with Crippen LogP contribution in [0.5, 0.6) is 0 Å². The summed E-state index contributed by atoms with van der Waals surface area (Å²) in [5.74, 6) is 0. The first-order chi connectivity index (χ1) is 33.7. The van der Waals surface area contributed by atoms with Crippen molar-refractivity contribution in [2.75, 3.05) is 0 Å². The Hall–Kier alpha value is -8.84. The maximum absolute atomic E-state index is 2.47. The van der Waals surface area contributed by atoms with Crippen molar-refractivity contribution in [2.24, 2.45) is 0 Å². The van der Waals surface area contributed by atoms with Crippen molar-refractivity contribution < 1.29 is 0 Å². The fourth-order valence-electron chi connectivity index (χ4n) is 11.6. The molecule has 0 heterocycles. The Balaban J connectivity index is 1.04. The standard InChI is InChI=1S/C68H42/c1-3-16-45(17-4-1)64-54-22-7-11-26-58(54)66(59-27-12-8-23-55(59)64)51-40-50(43-30-32-44(33-31-43)53-38-36-49-35-34-47-20-15-21-48-37-39-62(53)68(49)63(47)48)41-52(42-51)67-60-28-13-9-24-56(60)65(46-18-5-2-6-19-46)57-25-10-14-29-61(57)67/h1-42H. The molecule has 14 aromatic carbocycles. The van der Waals surface area contributed by atoms with E-state index in [1.807, 2.05) is 0 Å². The van der Waals surface area contributed by atoms with Gasteiger partial charge in [0.25, 0.3) is 0 Å². The first-order valence-electron chi connectivity index (χ1n) is 23.7. The first-order valence-corrected chi connectivity index (χ1v) is 23.7. The summed E-state index contributed by atoms with van der Waals surface area (Å²) in [4.78, 5) is 0. The average Bonchev–Trinajstić information content (AvgIpc) is 3.41. The zero-order valence-electron chi connectivity index (χ0n) is 37.2. The minimum absolute atomic E-state index is 1.18. The molecule has 0 spiro atoms. The molecule has 14 aromatic rings. The summed E-state index contributed by atoms with van der Waals surface area (Å²) in [5.41, 5.74) is 14.7. The van der Waals surface area contributed by atoms with Crippen molar-refractivity contribution in [1.82, 2.24) is 0 Å². The van der Waals surface area contributed by atoms with Gasteiger partial charge < -0.3 is 0 Å². The molecular formula is C68H42. The molecule has 68 heavy (non-hydrogen) atoms. The van der Waals surface area contributed by atoms with E-state index in [-0.39, 0.29) is 0 Å². The van der Waals surface area contributed by atoms with Crippen LogP contribution in [0.4, 0.5) is 0 Å². The van der Waals surface area contributed by atoms with Crippen molar-refractivity contribution in [1.29, 1.82) is 0 Å². The Bertz CT molecular complexity index is 3960. The van der Waals surface area contributed by atoms with E-state index in [4.69, 9.17) is 0 Å². The molecule has 0 atom stereocenters. The van der Waals surface area contributed by atoms with Crippen LogP contribution in [0.25, 0.3) is 142 Å². The van der Waals surface area contributed by atoms with Crippen LogP contribution in [0.2, 0.25) is 0 Å². The van der Waals surface area contributed by atoms with Crippen LogP contribution >= 0.6 is 0 Å². The van der Waals surface area contributed by atoms with Gasteiger partial charge in [0.15, 0.2) is 0 Å². The molecule has 0 saturated carbocycles. The van der Waals surface area contributed by atoms with Crippen LogP contribution < -0.4 is 0 Å². The summed E-state index contributed by atoms with van der Waals surface area (Å²) >= 11 is 0. The Kier molecular flexibility index (Phi) is 8.69. The molecule has 0 aliphatic heterocycles. The summed E-state index contributed by atoms with van der Waals surface area (Å²) in [6.07, 6.45) is 0. The molecule has 0 saturated heterocycles. The van der Waals surface area contributed by atoms with Gasteiger partial charge in [-0.1, -0.05) is 237 Å². The Morgan fingerprint density at radius 1 is 0.162 bits per heavy atom. The fourth-order valence-corrected chi connectivity index (χ4v) is 11.6. The molecule has 0 unspecified atom stereocenters. The van der Waals surface area contributed by atoms with Gasteiger partial charge in [-0.2, -0.15) is 0 Å². The van der Waals surface area contributed by atoms with Crippen molar-refractivity contribution >= 4 is 75.4 Å². The van der Waals surface area contributed by atoms with E-state index < -0.39 is 0 Å². The monoisotopic (exact) mass is 858 g/mol. The van der Waals surface area contributed by atoms with Crippen molar-refractivity contribution in [3.05, 3.63) is 255 Å². The Labute approximate surface area is 395 Å². The SMILES string of the molecule is c1ccc(-c2c3ccccc3c(-c3cc(-c4ccc(-c5ccc6ccc7cccc8ccc5c6c78)cc4)cc(-c4c5ccccc5c(-c5ccccc5)c5ccccc45)c3)c3ccccc23)cc1. The lowest BCUT2D eigenvalue weighted by atomic mass is 9.82. The van der Waals surface area contributed by atoms with E-state index in [1.54, 1.807) is 0 Å². The lowest BCUT2D eigenvalue weighted by molar-refractivity contribution is 1.59. The lowest BCUT2D eigenvalue weighted by Gasteiger charge is -2.21. The van der Waals surface area contributed by atoms with Crippen molar-refractivity contribution in [3.8, 4) is 66.8 Å². The van der Waals surface area contributed by atoms with Gasteiger partial charge in [0.2, 0.25) is 0 Å². The molecule has 14 rings (SSSR count). The van der Waals surface area contributed by atoms with E-state index in [0.29, 0.717) is 0 Å². The maximum Gasteiger partial charge on any atom is -0.00206 e. The second-order valence-corrected chi connectivity index (χ2v) is 18.3. The fraction of sp³-hybridized carbons (Fsp3) is 0. The number of hydrogen-bond acceptors (Lipinski definition) is 0. The van der Waals surface area contributed by atoms with E-state index in [0.717, 1.165) is 0 Å². The molecule has 0 bridgehead atoms. The average molecular weight is 859 g/mol. The molecule has 0 heteroatoms. The summed E-state index contributed by atoms with van der Waals surface area (Å²) in [7, 11) is 0. The highest BCUT2D eigenvalue weighted by Gasteiger charge is 2.21. The highest BCUT2D eigenvalue weighted by molar-refractivity contribution is 6.26. The van der Waals surface area contributed by atoms with Crippen LogP contribution in [-0.4, -0.2) is 0 Å². The third kappa shape index (κ3) is 5.94. The third-order valence-electron chi connectivity index (χ3n) is 14.6. The van der Waals surface area contributed by atoms with Gasteiger partial charge in [-0.3, -0.25) is 0 Å². The quantitative estimate of drug-likeness (QED) is 0.115. The van der Waals surface area contributed by atoms with Crippen LogP contribution in [0, 0.1) is 0 Å². The van der Waals surface area contributed by atoms with Gasteiger partial charge in [-0.05, 0) is 160 Å². The molecule has 0 aromatic heterocycles. The minimum atomic E-state index is 1.18. The van der Waals surface area contributed by atoms with Gasteiger partial charge in [-0.25, -0.2) is 0 Å². The molecule has 0 radical (unpaired) electrons. The molecule has 0 amide bonds. The maximum atomic E-state index is 2.47. The van der Waals surface area contributed by atoms with Crippen LogP contribution in [0.15, 0.2) is 255 Å². The number of hydrogen-bond donors (Lipinski definition) is 0. The molecule has 0 fully saturated rings. The van der Waals surface area contributed by atoms with Gasteiger partial charge in [0, 0.05) is 0 Å². The zero-order chi connectivity index (χ0) is 44.7. The molecule has 314 valence electrons. The number of rotatable bonds is 6. The number of fused-ring (bicyclic) bond motifs is 4. The third-order valence-corrected chi connectivity index (χ3v) is 14.6. The van der Waals surface area contributed by atoms with Gasteiger partial charge >= 0.3 is 0 Å². The van der Waals surface area contributed by atoms with E-state index in [2.05, 4.69) is 255 Å². The Morgan fingerprint density at radius 3 is 0.941 bits per heavy atom. The summed E-state index contributed by atoms with van der Waals surface area (Å²) < 4.78 is 0. The highest BCUT2D eigenvalue weighted by atomic mass is 14.2.